The van der Waals surface area contributed by atoms with Crippen LogP contribution in [0.5, 0.6) is 0 Å². The molecule has 1 aliphatic carbocycles. The van der Waals surface area contributed by atoms with Crippen molar-refractivity contribution >= 4 is 40.5 Å². The molecule has 2 aromatic rings. The molecule has 7 nitrogen and oxygen atoms in total. The topological polar surface area (TPSA) is 86.0 Å². The maximum absolute atomic E-state index is 14.0. The predicted molar refractivity (Wildman–Crippen MR) is 124 cm³/mol. The van der Waals surface area contributed by atoms with Crippen LogP contribution >= 0.6 is 23.5 Å². The van der Waals surface area contributed by atoms with E-state index in [2.05, 4.69) is 10.3 Å². The van der Waals surface area contributed by atoms with Gasteiger partial charge in [0, 0.05) is 18.1 Å². The van der Waals surface area contributed by atoms with Gasteiger partial charge < -0.3 is 5.32 Å². The van der Waals surface area contributed by atoms with Crippen molar-refractivity contribution in [1.29, 1.82) is 0 Å². The number of carbonyl (C=O) groups is 1. The van der Waals surface area contributed by atoms with Crippen LogP contribution in [0.2, 0.25) is 0 Å². The van der Waals surface area contributed by atoms with Crippen LogP contribution in [0.3, 0.4) is 0 Å². The number of thioether (sulfide) groups is 2. The normalized spacial score (nSPS) is 22.5. The highest BCUT2D eigenvalue weighted by Crippen LogP contribution is 2.30. The van der Waals surface area contributed by atoms with Gasteiger partial charge in [0.05, 0.1) is 17.3 Å². The smallest absolute Gasteiger partial charge is 0.333 e. The summed E-state index contributed by atoms with van der Waals surface area (Å²) in [6.07, 6.45) is 7.25. The van der Waals surface area contributed by atoms with Crippen LogP contribution in [-0.2, 0) is 4.79 Å². The molecule has 1 saturated heterocycles. The van der Waals surface area contributed by atoms with Gasteiger partial charge in [-0.2, -0.15) is 23.5 Å². The second-order valence-electron chi connectivity index (χ2n) is 8.20. The zero-order valence-electron chi connectivity index (χ0n) is 17.5. The number of hydrogen-bond acceptors (Lipinski definition) is 6. The van der Waals surface area contributed by atoms with Crippen LogP contribution < -0.4 is 16.6 Å². The van der Waals surface area contributed by atoms with Crippen molar-refractivity contribution in [2.75, 3.05) is 23.5 Å². The molecule has 0 atom stereocenters. The summed E-state index contributed by atoms with van der Waals surface area (Å²) in [6, 6.07) is 0.959. The molecular formula is C21H27FN4O3S2. The Kier molecular flexibility index (Phi) is 7.05. The molecule has 0 aromatic carbocycles. The molecule has 0 spiro atoms. The van der Waals surface area contributed by atoms with Crippen molar-refractivity contribution in [3.63, 3.8) is 0 Å². The van der Waals surface area contributed by atoms with E-state index in [9.17, 15) is 18.8 Å². The molecule has 31 heavy (non-hydrogen) atoms. The molecule has 2 aliphatic rings. The molecule has 2 fully saturated rings. The van der Waals surface area contributed by atoms with E-state index in [4.69, 9.17) is 0 Å². The molecule has 2 aromatic heterocycles. The number of halogens is 1. The molecule has 1 saturated carbocycles. The van der Waals surface area contributed by atoms with E-state index in [0.29, 0.717) is 31.4 Å². The van der Waals surface area contributed by atoms with E-state index in [0.717, 1.165) is 30.5 Å². The van der Waals surface area contributed by atoms with Crippen LogP contribution in [0.4, 0.5) is 4.39 Å². The Morgan fingerprint density at radius 2 is 1.84 bits per heavy atom. The lowest BCUT2D eigenvalue weighted by Gasteiger charge is -2.31. The van der Waals surface area contributed by atoms with E-state index < -0.39 is 11.4 Å². The first-order chi connectivity index (χ1) is 15.0. The van der Waals surface area contributed by atoms with Crippen molar-refractivity contribution in [2.24, 2.45) is 0 Å². The number of amides is 1. The minimum absolute atomic E-state index is 0.0119. The highest BCUT2D eigenvalue weighted by Gasteiger charge is 2.29. The van der Waals surface area contributed by atoms with Gasteiger partial charge in [0.15, 0.2) is 0 Å². The van der Waals surface area contributed by atoms with Gasteiger partial charge in [-0.05, 0) is 62.4 Å². The van der Waals surface area contributed by atoms with Crippen LogP contribution in [0, 0.1) is 5.82 Å². The van der Waals surface area contributed by atoms with Crippen LogP contribution in [-0.4, -0.2) is 49.6 Å². The van der Waals surface area contributed by atoms with Gasteiger partial charge in [-0.3, -0.25) is 18.7 Å². The van der Waals surface area contributed by atoms with Gasteiger partial charge in [0.2, 0.25) is 5.91 Å². The number of aromatic nitrogens is 3. The molecule has 1 aliphatic heterocycles. The zero-order valence-corrected chi connectivity index (χ0v) is 19.1. The number of fused-ring (bicyclic) bond motifs is 1. The lowest BCUT2D eigenvalue weighted by atomic mass is 9.91. The molecule has 10 heteroatoms. The van der Waals surface area contributed by atoms with Gasteiger partial charge in [0.25, 0.3) is 5.56 Å². The summed E-state index contributed by atoms with van der Waals surface area (Å²) in [5.74, 6) is 1.74. The van der Waals surface area contributed by atoms with E-state index >= 15 is 0 Å². The Balaban J connectivity index is 1.69. The molecule has 1 N–H and O–H groups in total. The Morgan fingerprint density at radius 1 is 1.16 bits per heavy atom. The number of hydrogen-bond donors (Lipinski definition) is 1. The molecule has 0 unspecified atom stereocenters. The van der Waals surface area contributed by atoms with Crippen LogP contribution in [0.1, 0.15) is 50.6 Å². The average Bonchev–Trinajstić information content (AvgIpc) is 2.76. The van der Waals surface area contributed by atoms with Crippen molar-refractivity contribution < 1.29 is 9.18 Å². The van der Waals surface area contributed by atoms with Gasteiger partial charge in [-0.1, -0.05) is 0 Å². The lowest BCUT2D eigenvalue weighted by molar-refractivity contribution is -0.119. The van der Waals surface area contributed by atoms with Crippen molar-refractivity contribution in [2.45, 2.75) is 56.7 Å². The maximum atomic E-state index is 14.0. The highest BCUT2D eigenvalue weighted by atomic mass is 32.2. The number of carbonyl (C=O) groups excluding carboxylic acids is 1. The Labute approximate surface area is 188 Å². The largest absolute Gasteiger partial charge is 0.353 e. The highest BCUT2D eigenvalue weighted by molar-refractivity contribution is 7.99. The van der Waals surface area contributed by atoms with Gasteiger partial charge in [0.1, 0.15) is 11.5 Å². The third-order valence-corrected chi connectivity index (χ3v) is 7.78. The molecule has 3 heterocycles. The third kappa shape index (κ3) is 4.69. The van der Waals surface area contributed by atoms with Crippen LogP contribution in [0.15, 0.2) is 21.9 Å². The molecule has 168 valence electrons. The van der Waals surface area contributed by atoms with E-state index in [1.54, 1.807) is 4.57 Å². The predicted octanol–water partition coefficient (Wildman–Crippen LogP) is 2.73. The summed E-state index contributed by atoms with van der Waals surface area (Å²) in [6.45, 7) is 0. The van der Waals surface area contributed by atoms with E-state index in [1.807, 2.05) is 18.0 Å². The average molecular weight is 467 g/mol. The fraction of sp³-hybridized carbons (Fsp3) is 0.619. The summed E-state index contributed by atoms with van der Waals surface area (Å²) < 4.78 is 16.9. The van der Waals surface area contributed by atoms with Crippen LogP contribution in [0.25, 0.3) is 11.0 Å². The zero-order chi connectivity index (χ0) is 22.0. The second-order valence-corrected chi connectivity index (χ2v) is 10.3. The summed E-state index contributed by atoms with van der Waals surface area (Å²) in [7, 11) is 0. The summed E-state index contributed by atoms with van der Waals surface area (Å²) in [5, 5.41) is 3.19. The minimum Gasteiger partial charge on any atom is -0.353 e. The monoisotopic (exact) mass is 466 g/mol. The molecule has 0 bridgehead atoms. The SMILES string of the molecule is CSCC(=O)NC1CCC(n2c(=O)c3cc(F)cnc3n(C3CCSCC3)c2=O)CC1. The van der Waals surface area contributed by atoms with Gasteiger partial charge >= 0.3 is 5.69 Å². The standard InChI is InChI=1S/C21H27FN4O3S2/c1-30-12-18(27)24-14-2-4-15(5-3-14)26-20(28)17-10-13(22)11-23-19(17)25(21(26)29)16-6-8-31-9-7-16/h10-11,14-16H,2-9,12H2,1H3,(H,24,27). The van der Waals surface area contributed by atoms with Gasteiger partial charge in [-0.25, -0.2) is 14.2 Å². The lowest BCUT2D eigenvalue weighted by Crippen LogP contribution is -2.46. The molecular weight excluding hydrogens is 439 g/mol. The number of rotatable bonds is 5. The van der Waals surface area contributed by atoms with E-state index in [1.165, 1.54) is 22.4 Å². The first-order valence-corrected chi connectivity index (χ1v) is 13.2. The van der Waals surface area contributed by atoms with Crippen molar-refractivity contribution in [1.82, 2.24) is 19.4 Å². The minimum atomic E-state index is -0.583. The van der Waals surface area contributed by atoms with Crippen molar-refractivity contribution in [3.8, 4) is 0 Å². The Hall–Kier alpha value is -1.81. The number of nitrogens with one attached hydrogen (secondary N) is 1. The molecule has 0 radical (unpaired) electrons. The Morgan fingerprint density at radius 3 is 2.52 bits per heavy atom. The Bertz CT molecular complexity index is 1070. The first kappa shape index (κ1) is 22.4. The summed E-state index contributed by atoms with van der Waals surface area (Å²) in [4.78, 5) is 42.8. The molecule has 4 rings (SSSR count). The number of nitrogens with zero attached hydrogens (tertiary/aromatic N) is 3. The first-order valence-electron chi connectivity index (χ1n) is 10.7. The third-order valence-electron chi connectivity index (χ3n) is 6.18. The quantitative estimate of drug-likeness (QED) is 0.729. The van der Waals surface area contributed by atoms with Gasteiger partial charge in [-0.15, -0.1) is 0 Å². The number of pyridine rings is 1. The summed E-state index contributed by atoms with van der Waals surface area (Å²) in [5.41, 5.74) is -0.533. The fourth-order valence-corrected chi connectivity index (χ4v) is 6.11. The molecule has 1 amide bonds. The van der Waals surface area contributed by atoms with E-state index in [-0.39, 0.29) is 40.8 Å². The second kappa shape index (κ2) is 9.77. The summed E-state index contributed by atoms with van der Waals surface area (Å²) >= 11 is 3.33. The maximum Gasteiger partial charge on any atom is 0.333 e. The van der Waals surface area contributed by atoms with Crippen molar-refractivity contribution in [3.05, 3.63) is 38.9 Å². The fourth-order valence-electron chi connectivity index (χ4n) is 4.68.